The molecule has 0 bridgehead atoms. The summed E-state index contributed by atoms with van der Waals surface area (Å²) in [5.41, 5.74) is 1.50. The molecule has 0 amide bonds. The van der Waals surface area contributed by atoms with Gasteiger partial charge in [0, 0.05) is 22.5 Å². The lowest BCUT2D eigenvalue weighted by Crippen LogP contribution is -2.24. The van der Waals surface area contributed by atoms with Crippen LogP contribution in [0.5, 0.6) is 0 Å². The minimum absolute atomic E-state index is 0.138. The van der Waals surface area contributed by atoms with E-state index in [4.69, 9.17) is 9.40 Å². The molecule has 0 N–H and O–H groups in total. The third-order valence-electron chi connectivity index (χ3n) is 4.75. The van der Waals surface area contributed by atoms with Crippen molar-refractivity contribution < 1.29 is 4.42 Å². The third kappa shape index (κ3) is 3.94. The quantitative estimate of drug-likeness (QED) is 0.270. The molecule has 0 unspecified atom stereocenters. The van der Waals surface area contributed by atoms with E-state index in [1.807, 2.05) is 30.3 Å². The van der Waals surface area contributed by atoms with Crippen molar-refractivity contribution in [1.82, 2.24) is 18.9 Å². The molecule has 0 aliphatic heterocycles. The van der Waals surface area contributed by atoms with Gasteiger partial charge in [-0.1, -0.05) is 23.9 Å². The predicted octanol–water partition coefficient (Wildman–Crippen LogP) is 4.10. The number of nitrogens with zero attached hydrogens (tertiary/aromatic N) is 4. The van der Waals surface area contributed by atoms with E-state index < -0.39 is 0 Å². The summed E-state index contributed by atoms with van der Waals surface area (Å²) >= 11 is 4.73. The van der Waals surface area contributed by atoms with Crippen molar-refractivity contribution in [1.29, 1.82) is 0 Å². The Kier molecular flexibility index (Phi) is 5.21. The molecular formula is C22H15BrN4O3S. The van der Waals surface area contributed by atoms with Crippen LogP contribution in [0.25, 0.3) is 16.6 Å². The Morgan fingerprint density at radius 1 is 1.03 bits per heavy atom. The van der Waals surface area contributed by atoms with Gasteiger partial charge in [0.15, 0.2) is 5.16 Å². The number of thioether (sulfide) groups is 1. The molecule has 9 heteroatoms. The van der Waals surface area contributed by atoms with Gasteiger partial charge in [-0.05, 0) is 52.3 Å². The van der Waals surface area contributed by atoms with E-state index in [9.17, 15) is 9.59 Å². The lowest BCUT2D eigenvalue weighted by Gasteiger charge is -2.12. The number of rotatable bonds is 5. The second-order valence-corrected chi connectivity index (χ2v) is 8.69. The van der Waals surface area contributed by atoms with Gasteiger partial charge in [-0.2, -0.15) is 0 Å². The van der Waals surface area contributed by atoms with E-state index in [1.165, 1.54) is 22.2 Å². The number of benzene rings is 1. The van der Waals surface area contributed by atoms with Gasteiger partial charge in [-0.15, -0.1) is 0 Å². The Balaban J connectivity index is 1.54. The highest BCUT2D eigenvalue weighted by molar-refractivity contribution is 9.10. The molecule has 0 aliphatic rings. The fourth-order valence-corrected chi connectivity index (χ4v) is 4.52. The maximum atomic E-state index is 13.1. The highest BCUT2D eigenvalue weighted by atomic mass is 79.9. The normalized spacial score (nSPS) is 11.4. The maximum Gasteiger partial charge on any atom is 0.262 e. The van der Waals surface area contributed by atoms with Crippen LogP contribution >= 0.6 is 27.7 Å². The van der Waals surface area contributed by atoms with Crippen molar-refractivity contribution in [2.24, 2.45) is 0 Å². The van der Waals surface area contributed by atoms with Gasteiger partial charge in [-0.3, -0.25) is 18.6 Å². The number of furan rings is 1. The lowest BCUT2D eigenvalue weighted by atomic mass is 10.2. The molecule has 1 aromatic carbocycles. The molecule has 5 aromatic rings. The zero-order valence-electron chi connectivity index (χ0n) is 16.1. The van der Waals surface area contributed by atoms with Crippen molar-refractivity contribution in [3.05, 3.63) is 104 Å². The molecule has 4 heterocycles. The minimum atomic E-state index is -0.165. The second kappa shape index (κ2) is 8.16. The van der Waals surface area contributed by atoms with Crippen LogP contribution in [0.4, 0.5) is 0 Å². The number of para-hydroxylation sites is 1. The molecule has 31 heavy (non-hydrogen) atoms. The van der Waals surface area contributed by atoms with Crippen LogP contribution in [0.15, 0.2) is 90.7 Å². The third-order valence-corrected chi connectivity index (χ3v) is 6.23. The van der Waals surface area contributed by atoms with Crippen LogP contribution in [0.1, 0.15) is 11.5 Å². The number of pyridine rings is 1. The fraction of sp³-hybridized carbons (Fsp3) is 0.0909. The standard InChI is InChI=1S/C22H15BrN4O3S/c23-14-7-8-19-24-15(10-20(28)26(19)11-14)13-31-22-25-18-6-2-1-5-17(18)21(29)27(22)12-16-4-3-9-30-16/h1-11H,12-13H2. The smallest absolute Gasteiger partial charge is 0.262 e. The number of aromatic nitrogens is 4. The van der Waals surface area contributed by atoms with Gasteiger partial charge >= 0.3 is 0 Å². The number of hydrogen-bond donors (Lipinski definition) is 0. The maximum absolute atomic E-state index is 13.1. The first-order valence-electron chi connectivity index (χ1n) is 9.41. The fourth-order valence-electron chi connectivity index (χ4n) is 3.29. The molecule has 5 rings (SSSR count). The van der Waals surface area contributed by atoms with Crippen LogP contribution in [0.2, 0.25) is 0 Å². The zero-order valence-corrected chi connectivity index (χ0v) is 18.5. The van der Waals surface area contributed by atoms with Crippen molar-refractivity contribution >= 4 is 44.2 Å². The Labute approximate surface area is 188 Å². The summed E-state index contributed by atoms with van der Waals surface area (Å²) in [5.74, 6) is 1.05. The van der Waals surface area contributed by atoms with Gasteiger partial charge < -0.3 is 4.42 Å². The SMILES string of the molecule is O=c1c2ccccc2nc(SCc2cc(=O)n3cc(Br)ccc3n2)n1Cc1ccco1. The Hall–Kier alpha value is -3.17. The summed E-state index contributed by atoms with van der Waals surface area (Å²) in [6.07, 6.45) is 3.26. The number of halogens is 1. The molecule has 0 radical (unpaired) electrons. The molecule has 0 saturated carbocycles. The average Bonchev–Trinajstić information content (AvgIpc) is 3.28. The molecule has 154 valence electrons. The first kappa shape index (κ1) is 19.8. The summed E-state index contributed by atoms with van der Waals surface area (Å²) in [6.45, 7) is 0.272. The summed E-state index contributed by atoms with van der Waals surface area (Å²) in [5, 5.41) is 1.09. The molecule has 0 saturated heterocycles. The van der Waals surface area contributed by atoms with Crippen LogP contribution in [0, 0.1) is 0 Å². The molecule has 0 aliphatic carbocycles. The molecule has 0 spiro atoms. The first-order valence-corrected chi connectivity index (χ1v) is 11.2. The first-order chi connectivity index (χ1) is 15.1. The molecular weight excluding hydrogens is 480 g/mol. The summed E-state index contributed by atoms with van der Waals surface area (Å²) in [6, 6.07) is 16.0. The van der Waals surface area contributed by atoms with Crippen LogP contribution in [0.3, 0.4) is 0 Å². The van der Waals surface area contributed by atoms with Crippen molar-refractivity contribution in [2.45, 2.75) is 17.5 Å². The van der Waals surface area contributed by atoms with Gasteiger partial charge in [0.05, 0.1) is 29.4 Å². The van der Waals surface area contributed by atoms with E-state index in [2.05, 4.69) is 20.9 Å². The van der Waals surface area contributed by atoms with Crippen LogP contribution in [-0.4, -0.2) is 18.9 Å². The van der Waals surface area contributed by atoms with Crippen LogP contribution in [-0.2, 0) is 12.3 Å². The van der Waals surface area contributed by atoms with E-state index in [-0.39, 0.29) is 17.7 Å². The van der Waals surface area contributed by atoms with Crippen LogP contribution < -0.4 is 11.1 Å². The summed E-state index contributed by atoms with van der Waals surface area (Å²) in [7, 11) is 0. The number of fused-ring (bicyclic) bond motifs is 2. The van der Waals surface area contributed by atoms with E-state index in [0.717, 1.165) is 4.47 Å². The largest absolute Gasteiger partial charge is 0.467 e. The highest BCUT2D eigenvalue weighted by Gasteiger charge is 2.14. The minimum Gasteiger partial charge on any atom is -0.467 e. The van der Waals surface area contributed by atoms with Crippen molar-refractivity contribution in [2.75, 3.05) is 0 Å². The lowest BCUT2D eigenvalue weighted by molar-refractivity contribution is 0.476. The topological polar surface area (TPSA) is 82.4 Å². The van der Waals surface area contributed by atoms with Crippen molar-refractivity contribution in [3.63, 3.8) is 0 Å². The predicted molar refractivity (Wildman–Crippen MR) is 123 cm³/mol. The van der Waals surface area contributed by atoms with E-state index >= 15 is 0 Å². The van der Waals surface area contributed by atoms with E-state index in [0.29, 0.717) is 38.9 Å². The highest BCUT2D eigenvalue weighted by Crippen LogP contribution is 2.22. The molecule has 7 nitrogen and oxygen atoms in total. The van der Waals surface area contributed by atoms with Gasteiger partial charge in [0.2, 0.25) is 0 Å². The molecule has 0 fully saturated rings. The van der Waals surface area contributed by atoms with Gasteiger partial charge in [-0.25, -0.2) is 9.97 Å². The van der Waals surface area contributed by atoms with Gasteiger partial charge in [0.1, 0.15) is 11.4 Å². The Morgan fingerprint density at radius 2 is 1.90 bits per heavy atom. The monoisotopic (exact) mass is 494 g/mol. The zero-order chi connectivity index (χ0) is 21.4. The Bertz CT molecular complexity index is 1530. The molecule has 0 atom stereocenters. The summed E-state index contributed by atoms with van der Waals surface area (Å²) < 4.78 is 9.32. The number of hydrogen-bond acceptors (Lipinski definition) is 6. The van der Waals surface area contributed by atoms with E-state index in [1.54, 1.807) is 35.2 Å². The second-order valence-electron chi connectivity index (χ2n) is 6.83. The van der Waals surface area contributed by atoms with Gasteiger partial charge in [0.25, 0.3) is 11.1 Å². The summed E-state index contributed by atoms with van der Waals surface area (Å²) in [4.78, 5) is 34.9. The average molecular weight is 495 g/mol. The van der Waals surface area contributed by atoms with Crippen molar-refractivity contribution in [3.8, 4) is 0 Å². The molecule has 4 aromatic heterocycles. The Morgan fingerprint density at radius 3 is 2.74 bits per heavy atom.